The first-order valence-electron chi connectivity index (χ1n) is 7.04. The quantitative estimate of drug-likeness (QED) is 0.755. The summed E-state index contributed by atoms with van der Waals surface area (Å²) >= 11 is 0. The first-order chi connectivity index (χ1) is 8.83. The molecule has 1 aliphatic heterocycles. The third-order valence-corrected chi connectivity index (χ3v) is 5.97. The van der Waals surface area contributed by atoms with Crippen LogP contribution in [0.5, 0.6) is 0 Å². The fraction of sp³-hybridized carbons (Fsp3) is 0.923. The summed E-state index contributed by atoms with van der Waals surface area (Å²) in [7, 11) is -3.18. The van der Waals surface area contributed by atoms with Gasteiger partial charge in [0, 0.05) is 12.5 Å². The number of carbonyl (C=O) groups excluding carboxylic acids is 1. The summed E-state index contributed by atoms with van der Waals surface area (Å²) < 4.78 is 24.4. The van der Waals surface area contributed by atoms with Crippen LogP contribution in [0.15, 0.2) is 0 Å². The van der Waals surface area contributed by atoms with Gasteiger partial charge in [-0.3, -0.25) is 4.79 Å². The minimum Gasteiger partial charge on any atom is -0.354 e. The molecule has 1 amide bonds. The van der Waals surface area contributed by atoms with E-state index in [9.17, 15) is 13.2 Å². The van der Waals surface area contributed by atoms with Crippen LogP contribution in [0.3, 0.4) is 0 Å². The van der Waals surface area contributed by atoms with Gasteiger partial charge < -0.3 is 10.6 Å². The molecule has 0 saturated carbocycles. The van der Waals surface area contributed by atoms with Crippen LogP contribution in [0.25, 0.3) is 0 Å². The van der Waals surface area contributed by atoms with Crippen molar-refractivity contribution in [2.75, 3.05) is 18.8 Å². The highest BCUT2D eigenvalue weighted by Crippen LogP contribution is 2.22. The summed E-state index contributed by atoms with van der Waals surface area (Å²) in [5, 5.41) is 5.61. The zero-order valence-corrected chi connectivity index (χ0v) is 12.9. The number of hydrogen-bond donors (Lipinski definition) is 2. The van der Waals surface area contributed by atoms with Gasteiger partial charge in [0.25, 0.3) is 0 Å². The van der Waals surface area contributed by atoms with Gasteiger partial charge in [-0.25, -0.2) is 8.42 Å². The Bertz CT molecular complexity index is 387. The average molecular weight is 290 g/mol. The summed E-state index contributed by atoms with van der Waals surface area (Å²) in [6, 6.07) is 0.0528. The third-order valence-electron chi connectivity index (χ3n) is 3.68. The Balaban J connectivity index is 2.48. The van der Waals surface area contributed by atoms with Crippen LogP contribution in [0.2, 0.25) is 0 Å². The van der Waals surface area contributed by atoms with Crippen LogP contribution in [-0.4, -0.2) is 44.5 Å². The van der Waals surface area contributed by atoms with Crippen LogP contribution < -0.4 is 10.6 Å². The Kier molecular flexibility index (Phi) is 6.26. The highest BCUT2D eigenvalue weighted by Gasteiger charge is 2.30. The Labute approximate surface area is 116 Å². The standard InChI is InChI=1S/C13H26N2O3S/c1-10(2)15-13(16)6-9-19(17,18)11(3)12-4-7-14-8-5-12/h10-12,14H,4-9H2,1-3H3,(H,15,16). The van der Waals surface area contributed by atoms with Gasteiger partial charge >= 0.3 is 0 Å². The molecule has 0 aromatic heterocycles. The average Bonchev–Trinajstić information content (AvgIpc) is 2.36. The van der Waals surface area contributed by atoms with Crippen molar-refractivity contribution in [1.29, 1.82) is 0 Å². The molecule has 2 N–H and O–H groups in total. The van der Waals surface area contributed by atoms with E-state index >= 15 is 0 Å². The van der Waals surface area contributed by atoms with E-state index in [0.717, 1.165) is 25.9 Å². The van der Waals surface area contributed by atoms with Crippen LogP contribution in [0.1, 0.15) is 40.0 Å². The number of carbonyl (C=O) groups is 1. The molecule has 0 radical (unpaired) electrons. The molecule has 1 heterocycles. The fourth-order valence-electron chi connectivity index (χ4n) is 2.42. The molecular formula is C13H26N2O3S. The van der Waals surface area contributed by atoms with E-state index in [1.807, 2.05) is 13.8 Å². The SMILES string of the molecule is CC(C)NC(=O)CCS(=O)(=O)C(C)C1CCNCC1. The molecule has 1 fully saturated rings. The maximum Gasteiger partial charge on any atom is 0.221 e. The van der Waals surface area contributed by atoms with Crippen LogP contribution in [0.4, 0.5) is 0 Å². The Morgan fingerprint density at radius 2 is 1.84 bits per heavy atom. The highest BCUT2D eigenvalue weighted by molar-refractivity contribution is 7.92. The zero-order valence-electron chi connectivity index (χ0n) is 12.1. The van der Waals surface area contributed by atoms with E-state index in [1.54, 1.807) is 6.92 Å². The molecule has 6 heteroatoms. The lowest BCUT2D eigenvalue weighted by Gasteiger charge is -2.28. The van der Waals surface area contributed by atoms with E-state index in [1.165, 1.54) is 0 Å². The number of piperidine rings is 1. The molecule has 0 spiro atoms. The Hall–Kier alpha value is -0.620. The van der Waals surface area contributed by atoms with Gasteiger partial charge in [-0.15, -0.1) is 0 Å². The first kappa shape index (κ1) is 16.4. The molecule has 1 aliphatic rings. The molecular weight excluding hydrogens is 264 g/mol. The molecule has 0 aromatic rings. The van der Waals surface area contributed by atoms with E-state index in [4.69, 9.17) is 0 Å². The van der Waals surface area contributed by atoms with Crippen molar-refractivity contribution in [3.63, 3.8) is 0 Å². The summed E-state index contributed by atoms with van der Waals surface area (Å²) in [6.07, 6.45) is 1.87. The van der Waals surface area contributed by atoms with Gasteiger partial charge in [-0.2, -0.15) is 0 Å². The Morgan fingerprint density at radius 1 is 1.26 bits per heavy atom. The van der Waals surface area contributed by atoms with Crippen molar-refractivity contribution in [2.45, 2.75) is 51.3 Å². The summed E-state index contributed by atoms with van der Waals surface area (Å²) in [6.45, 7) is 7.29. The molecule has 0 aliphatic carbocycles. The van der Waals surface area contributed by atoms with E-state index < -0.39 is 9.84 Å². The van der Waals surface area contributed by atoms with Crippen molar-refractivity contribution in [2.24, 2.45) is 5.92 Å². The number of amides is 1. The number of nitrogens with one attached hydrogen (secondary N) is 2. The first-order valence-corrected chi connectivity index (χ1v) is 8.76. The maximum absolute atomic E-state index is 12.2. The van der Waals surface area contributed by atoms with Crippen molar-refractivity contribution in [1.82, 2.24) is 10.6 Å². The largest absolute Gasteiger partial charge is 0.354 e. The number of rotatable bonds is 6. The number of hydrogen-bond acceptors (Lipinski definition) is 4. The van der Waals surface area contributed by atoms with Gasteiger partial charge in [0.1, 0.15) is 0 Å². The second kappa shape index (κ2) is 7.24. The second-order valence-electron chi connectivity index (χ2n) is 5.63. The highest BCUT2D eigenvalue weighted by atomic mass is 32.2. The summed E-state index contributed by atoms with van der Waals surface area (Å²) in [4.78, 5) is 11.5. The van der Waals surface area contributed by atoms with Gasteiger partial charge in [0.05, 0.1) is 11.0 Å². The summed E-state index contributed by atoms with van der Waals surface area (Å²) in [5.74, 6) is -0.00750. The molecule has 1 rings (SSSR count). The lowest BCUT2D eigenvalue weighted by atomic mass is 9.95. The van der Waals surface area contributed by atoms with E-state index in [-0.39, 0.29) is 35.3 Å². The van der Waals surface area contributed by atoms with Crippen molar-refractivity contribution >= 4 is 15.7 Å². The maximum atomic E-state index is 12.2. The Morgan fingerprint density at radius 3 is 2.37 bits per heavy atom. The molecule has 0 bridgehead atoms. The fourth-order valence-corrected chi connectivity index (χ4v) is 4.12. The lowest BCUT2D eigenvalue weighted by molar-refractivity contribution is -0.121. The van der Waals surface area contributed by atoms with E-state index in [0.29, 0.717) is 0 Å². The van der Waals surface area contributed by atoms with Gasteiger partial charge in [0.2, 0.25) is 5.91 Å². The normalized spacial score (nSPS) is 19.4. The molecule has 5 nitrogen and oxygen atoms in total. The van der Waals surface area contributed by atoms with Crippen LogP contribution in [0, 0.1) is 5.92 Å². The van der Waals surface area contributed by atoms with E-state index in [2.05, 4.69) is 10.6 Å². The molecule has 1 unspecified atom stereocenters. The second-order valence-corrected chi connectivity index (χ2v) is 8.11. The predicted molar refractivity (Wildman–Crippen MR) is 76.7 cm³/mol. The van der Waals surface area contributed by atoms with Gasteiger partial charge in [0.15, 0.2) is 9.84 Å². The molecule has 1 saturated heterocycles. The molecule has 19 heavy (non-hydrogen) atoms. The van der Waals surface area contributed by atoms with Gasteiger partial charge in [-0.05, 0) is 52.6 Å². The predicted octanol–water partition coefficient (Wildman–Crippen LogP) is 0.704. The third kappa shape index (κ3) is 5.48. The van der Waals surface area contributed by atoms with Gasteiger partial charge in [-0.1, -0.05) is 0 Å². The monoisotopic (exact) mass is 290 g/mol. The van der Waals surface area contributed by atoms with Crippen LogP contribution in [-0.2, 0) is 14.6 Å². The minimum atomic E-state index is -3.18. The smallest absolute Gasteiger partial charge is 0.221 e. The van der Waals surface area contributed by atoms with Crippen molar-refractivity contribution in [3.05, 3.63) is 0 Å². The minimum absolute atomic E-state index is 0.0450. The molecule has 0 aromatic carbocycles. The van der Waals surface area contributed by atoms with Crippen LogP contribution >= 0.6 is 0 Å². The lowest BCUT2D eigenvalue weighted by Crippen LogP contribution is -2.38. The van der Waals surface area contributed by atoms with Crippen molar-refractivity contribution < 1.29 is 13.2 Å². The summed E-state index contributed by atoms with van der Waals surface area (Å²) in [5.41, 5.74) is 0. The topological polar surface area (TPSA) is 75.3 Å². The van der Waals surface area contributed by atoms with Crippen molar-refractivity contribution in [3.8, 4) is 0 Å². The molecule has 112 valence electrons. The number of sulfone groups is 1. The molecule has 1 atom stereocenters. The zero-order chi connectivity index (χ0) is 14.5.